The lowest BCUT2D eigenvalue weighted by Gasteiger charge is -2.18. The number of benzene rings is 1. The van der Waals surface area contributed by atoms with Crippen LogP contribution in [0, 0.1) is 0 Å². The third kappa shape index (κ3) is 4.15. The Bertz CT molecular complexity index is 728. The molecular formula is C19H21F3N2O2. The molecule has 0 saturated carbocycles. The molecule has 26 heavy (non-hydrogen) atoms. The molecule has 0 radical (unpaired) electrons. The van der Waals surface area contributed by atoms with E-state index < -0.39 is 29.6 Å². The maximum Gasteiger partial charge on any atom is 0.416 e. The second-order valence-electron chi connectivity index (χ2n) is 6.68. The Morgan fingerprint density at radius 2 is 2.00 bits per heavy atom. The molecule has 1 N–H and O–H groups in total. The highest BCUT2D eigenvalue weighted by Gasteiger charge is 2.40. The molecule has 0 aromatic heterocycles. The molecule has 2 aliphatic rings. The van der Waals surface area contributed by atoms with Crippen LogP contribution in [0.2, 0.25) is 0 Å². The number of hydrogen-bond acceptors (Lipinski definition) is 3. The van der Waals surface area contributed by atoms with Crippen molar-refractivity contribution in [2.45, 2.75) is 50.7 Å². The van der Waals surface area contributed by atoms with Crippen LogP contribution in [-0.4, -0.2) is 24.4 Å². The lowest BCUT2D eigenvalue weighted by atomic mass is 9.97. The number of nitrogens with zero attached hydrogens (tertiary/aromatic N) is 1. The second kappa shape index (κ2) is 7.61. The fraction of sp³-hybridized carbons (Fsp3) is 0.474. The average molecular weight is 366 g/mol. The van der Waals surface area contributed by atoms with Crippen LogP contribution >= 0.6 is 0 Å². The number of imide groups is 1. The van der Waals surface area contributed by atoms with Gasteiger partial charge in [-0.2, -0.15) is 13.2 Å². The van der Waals surface area contributed by atoms with Crippen molar-refractivity contribution in [1.29, 1.82) is 0 Å². The molecule has 1 fully saturated rings. The number of halogens is 3. The van der Waals surface area contributed by atoms with Crippen molar-refractivity contribution in [1.82, 2.24) is 5.32 Å². The van der Waals surface area contributed by atoms with E-state index in [1.54, 1.807) is 0 Å². The van der Waals surface area contributed by atoms with Crippen molar-refractivity contribution in [3.05, 3.63) is 41.5 Å². The van der Waals surface area contributed by atoms with E-state index in [4.69, 9.17) is 0 Å². The van der Waals surface area contributed by atoms with E-state index in [2.05, 4.69) is 11.4 Å². The molecule has 1 aliphatic heterocycles. The molecule has 0 spiro atoms. The largest absolute Gasteiger partial charge is 0.416 e. The molecule has 1 unspecified atom stereocenters. The monoisotopic (exact) mass is 366 g/mol. The van der Waals surface area contributed by atoms with Crippen LogP contribution in [0.25, 0.3) is 0 Å². The van der Waals surface area contributed by atoms with Gasteiger partial charge in [-0.15, -0.1) is 0 Å². The molecule has 1 saturated heterocycles. The van der Waals surface area contributed by atoms with Gasteiger partial charge in [-0.25, -0.2) is 4.90 Å². The van der Waals surface area contributed by atoms with Gasteiger partial charge in [0.2, 0.25) is 5.91 Å². The predicted octanol–water partition coefficient (Wildman–Crippen LogP) is 3.82. The van der Waals surface area contributed by atoms with Gasteiger partial charge in [-0.05, 0) is 56.8 Å². The normalized spacial score (nSPS) is 21.3. The number of carbonyl (C=O) groups is 2. The maximum absolute atomic E-state index is 12.9. The van der Waals surface area contributed by atoms with E-state index in [0.717, 1.165) is 36.3 Å². The molecule has 3 rings (SSSR count). The van der Waals surface area contributed by atoms with Gasteiger partial charge in [0.15, 0.2) is 0 Å². The van der Waals surface area contributed by atoms with Gasteiger partial charge in [0.05, 0.1) is 23.7 Å². The first-order valence-electron chi connectivity index (χ1n) is 8.81. The summed E-state index contributed by atoms with van der Waals surface area (Å²) in [7, 11) is 0. The number of amides is 2. The summed E-state index contributed by atoms with van der Waals surface area (Å²) in [4.78, 5) is 25.6. The summed E-state index contributed by atoms with van der Waals surface area (Å²) >= 11 is 0. The summed E-state index contributed by atoms with van der Waals surface area (Å²) in [6.07, 6.45) is 3.02. The molecule has 1 aromatic rings. The number of alkyl halides is 3. The maximum atomic E-state index is 12.9. The van der Waals surface area contributed by atoms with Crippen LogP contribution in [0.3, 0.4) is 0 Å². The van der Waals surface area contributed by atoms with Crippen LogP contribution in [0.4, 0.5) is 18.9 Å². The van der Waals surface area contributed by atoms with Gasteiger partial charge >= 0.3 is 6.18 Å². The fourth-order valence-electron chi connectivity index (χ4n) is 3.42. The summed E-state index contributed by atoms with van der Waals surface area (Å²) in [5.74, 6) is -0.976. The number of nitrogens with one attached hydrogen (secondary N) is 1. The number of hydrogen-bond donors (Lipinski definition) is 1. The summed E-state index contributed by atoms with van der Waals surface area (Å²) in [6.45, 7) is 0.575. The minimum Gasteiger partial charge on any atom is -0.305 e. The third-order valence-corrected chi connectivity index (χ3v) is 4.80. The average Bonchev–Trinajstić information content (AvgIpc) is 2.89. The zero-order chi connectivity index (χ0) is 18.7. The predicted molar refractivity (Wildman–Crippen MR) is 91.5 cm³/mol. The van der Waals surface area contributed by atoms with Crippen LogP contribution in [0.1, 0.15) is 44.1 Å². The van der Waals surface area contributed by atoms with Gasteiger partial charge in [-0.3, -0.25) is 9.59 Å². The first kappa shape index (κ1) is 18.6. The van der Waals surface area contributed by atoms with Crippen LogP contribution in [0.5, 0.6) is 0 Å². The summed E-state index contributed by atoms with van der Waals surface area (Å²) in [5, 5.41) is 3.08. The minimum atomic E-state index is -4.52. The van der Waals surface area contributed by atoms with Gasteiger partial charge in [0, 0.05) is 0 Å². The van der Waals surface area contributed by atoms with Crippen LogP contribution in [0.15, 0.2) is 35.9 Å². The zero-order valence-corrected chi connectivity index (χ0v) is 14.3. The lowest BCUT2D eigenvalue weighted by Crippen LogP contribution is -2.39. The fourth-order valence-corrected chi connectivity index (χ4v) is 3.42. The molecule has 7 heteroatoms. The number of allylic oxidation sites excluding steroid dienone is 1. The second-order valence-corrected chi connectivity index (χ2v) is 6.68. The topological polar surface area (TPSA) is 49.4 Å². The Morgan fingerprint density at radius 3 is 2.69 bits per heavy atom. The Morgan fingerprint density at radius 1 is 1.19 bits per heavy atom. The Hall–Kier alpha value is -2.15. The highest BCUT2D eigenvalue weighted by Crippen LogP contribution is 2.33. The van der Waals surface area contributed by atoms with E-state index in [1.807, 2.05) is 0 Å². The molecule has 2 amide bonds. The van der Waals surface area contributed by atoms with E-state index in [0.29, 0.717) is 6.54 Å². The van der Waals surface area contributed by atoms with Gasteiger partial charge in [0.25, 0.3) is 5.91 Å². The number of rotatable bonds is 5. The molecule has 1 aromatic carbocycles. The van der Waals surface area contributed by atoms with Gasteiger partial charge < -0.3 is 5.32 Å². The molecule has 1 aliphatic carbocycles. The quantitative estimate of drug-likeness (QED) is 0.637. The third-order valence-electron chi connectivity index (χ3n) is 4.80. The van der Waals surface area contributed by atoms with E-state index >= 15 is 0 Å². The molecule has 4 nitrogen and oxygen atoms in total. The van der Waals surface area contributed by atoms with Crippen LogP contribution in [-0.2, 0) is 15.8 Å². The zero-order valence-electron chi connectivity index (χ0n) is 14.3. The molecule has 140 valence electrons. The smallest absolute Gasteiger partial charge is 0.305 e. The standard InChI is InChI=1S/C19H21F3N2O2/c20-19(21,22)14-7-4-8-15(11-14)24-17(25)12-16(18(24)26)23-10-9-13-5-2-1-3-6-13/h4-5,7-8,11,16,23H,1-3,6,9-10,12H2. The summed E-state index contributed by atoms with van der Waals surface area (Å²) in [5.41, 5.74) is 0.445. The van der Waals surface area contributed by atoms with E-state index in [-0.39, 0.29) is 12.1 Å². The van der Waals surface area contributed by atoms with E-state index in [1.165, 1.54) is 30.5 Å². The van der Waals surface area contributed by atoms with Crippen molar-refractivity contribution in [3.63, 3.8) is 0 Å². The van der Waals surface area contributed by atoms with Gasteiger partial charge in [0.1, 0.15) is 0 Å². The van der Waals surface area contributed by atoms with Crippen molar-refractivity contribution in [3.8, 4) is 0 Å². The van der Waals surface area contributed by atoms with Crippen molar-refractivity contribution >= 4 is 17.5 Å². The summed E-state index contributed by atoms with van der Waals surface area (Å²) < 4.78 is 38.6. The number of anilines is 1. The minimum absolute atomic E-state index is 0.0332. The van der Waals surface area contributed by atoms with Crippen molar-refractivity contribution < 1.29 is 22.8 Å². The van der Waals surface area contributed by atoms with Crippen molar-refractivity contribution in [2.24, 2.45) is 0 Å². The SMILES string of the molecule is O=C1CC(NCCC2=CCCCC2)C(=O)N1c1cccc(C(F)(F)F)c1. The molecule has 1 heterocycles. The molecule has 0 bridgehead atoms. The highest BCUT2D eigenvalue weighted by atomic mass is 19.4. The Balaban J connectivity index is 1.64. The first-order chi connectivity index (χ1) is 12.4. The molecule has 1 atom stereocenters. The lowest BCUT2D eigenvalue weighted by molar-refractivity contribution is -0.137. The van der Waals surface area contributed by atoms with Crippen LogP contribution < -0.4 is 10.2 Å². The van der Waals surface area contributed by atoms with E-state index in [9.17, 15) is 22.8 Å². The van der Waals surface area contributed by atoms with Crippen molar-refractivity contribution in [2.75, 3.05) is 11.4 Å². The Kier molecular flexibility index (Phi) is 5.46. The summed E-state index contributed by atoms with van der Waals surface area (Å²) in [6, 6.07) is 3.63. The Labute approximate surface area is 150 Å². The molecular weight excluding hydrogens is 345 g/mol. The first-order valence-corrected chi connectivity index (χ1v) is 8.81. The van der Waals surface area contributed by atoms with Gasteiger partial charge in [-0.1, -0.05) is 17.7 Å². The number of carbonyl (C=O) groups excluding carboxylic acids is 2. The highest BCUT2D eigenvalue weighted by molar-refractivity contribution is 6.22.